The van der Waals surface area contributed by atoms with E-state index in [2.05, 4.69) is 28.1 Å². The molecule has 196 valence electrons. The van der Waals surface area contributed by atoms with Crippen LogP contribution in [0.1, 0.15) is 53.6 Å². The Balaban J connectivity index is 1.08. The minimum absolute atomic E-state index is 0.159. The minimum Gasteiger partial charge on any atom is -0.495 e. The van der Waals surface area contributed by atoms with Gasteiger partial charge in [0.25, 0.3) is 5.91 Å². The van der Waals surface area contributed by atoms with E-state index in [1.54, 1.807) is 18.1 Å². The van der Waals surface area contributed by atoms with Crippen LogP contribution >= 0.6 is 0 Å². The maximum absolute atomic E-state index is 13.1. The molecule has 6 rings (SSSR count). The van der Waals surface area contributed by atoms with Crippen LogP contribution in [-0.2, 0) is 16.1 Å². The van der Waals surface area contributed by atoms with Crippen molar-refractivity contribution < 1.29 is 19.1 Å². The van der Waals surface area contributed by atoms with Gasteiger partial charge < -0.3 is 20.3 Å². The molecule has 3 heterocycles. The van der Waals surface area contributed by atoms with Crippen LogP contribution in [0.3, 0.4) is 0 Å². The molecule has 0 aromatic heterocycles. The summed E-state index contributed by atoms with van der Waals surface area (Å²) in [5, 5.41) is 2.36. The van der Waals surface area contributed by atoms with E-state index in [1.807, 2.05) is 24.3 Å². The second kappa shape index (κ2) is 9.71. The molecule has 1 unspecified atom stereocenters. The molecule has 3 aliphatic heterocycles. The van der Waals surface area contributed by atoms with Gasteiger partial charge in [-0.05, 0) is 67.3 Å². The fourth-order valence-electron chi connectivity index (χ4n) is 6.26. The average Bonchev–Trinajstić information content (AvgIpc) is 3.63. The smallest absolute Gasteiger partial charge is 0.255 e. The third kappa shape index (κ3) is 4.47. The summed E-state index contributed by atoms with van der Waals surface area (Å²) in [4.78, 5) is 40.9. The highest BCUT2D eigenvalue weighted by atomic mass is 16.5. The number of piperidine rings is 2. The van der Waals surface area contributed by atoms with Crippen molar-refractivity contribution in [2.24, 2.45) is 17.8 Å². The molecule has 4 aliphatic rings. The number of hydrogen-bond acceptors (Lipinski definition) is 6. The van der Waals surface area contributed by atoms with Gasteiger partial charge in [-0.1, -0.05) is 17.9 Å². The summed E-state index contributed by atoms with van der Waals surface area (Å²) < 4.78 is 5.38. The number of methoxy groups -OCH3 is 1. The lowest BCUT2D eigenvalue weighted by atomic mass is 9.90. The van der Waals surface area contributed by atoms with Crippen molar-refractivity contribution in [2.75, 3.05) is 30.8 Å². The van der Waals surface area contributed by atoms with E-state index in [0.717, 1.165) is 54.9 Å². The van der Waals surface area contributed by atoms with Crippen molar-refractivity contribution in [1.29, 1.82) is 0 Å². The van der Waals surface area contributed by atoms with Crippen molar-refractivity contribution in [1.82, 2.24) is 10.2 Å². The number of hydrogen-bond donors (Lipinski definition) is 2. The number of nitrogens with zero attached hydrogens (tertiary/aromatic N) is 2. The largest absolute Gasteiger partial charge is 0.495 e. The van der Waals surface area contributed by atoms with E-state index in [9.17, 15) is 14.4 Å². The molecule has 2 saturated heterocycles. The first-order chi connectivity index (χ1) is 18.4. The van der Waals surface area contributed by atoms with Gasteiger partial charge in [-0.3, -0.25) is 19.7 Å². The Bertz CT molecular complexity index is 1370. The fraction of sp³-hybridized carbons (Fsp3) is 0.433. The predicted octanol–water partition coefficient (Wildman–Crippen LogP) is 2.94. The Labute approximate surface area is 222 Å². The number of amides is 3. The lowest BCUT2D eigenvalue weighted by molar-refractivity contribution is -0.136. The zero-order chi connectivity index (χ0) is 26.4. The van der Waals surface area contributed by atoms with Crippen LogP contribution in [0, 0.1) is 29.6 Å². The van der Waals surface area contributed by atoms with E-state index < -0.39 is 11.9 Å². The van der Waals surface area contributed by atoms with Gasteiger partial charge in [0.05, 0.1) is 12.8 Å². The SMILES string of the molecule is COc1cc(N2CCC([C@@H]3C[C@H]3C#Cc3cccc4c3CN(C3CCC(=O)NC3=O)C4=O)CC2)ccc1N. The number of ether oxygens (including phenoxy) is 1. The van der Waals surface area contributed by atoms with E-state index in [1.165, 1.54) is 0 Å². The molecule has 8 nitrogen and oxygen atoms in total. The Morgan fingerprint density at radius 3 is 2.66 bits per heavy atom. The van der Waals surface area contributed by atoms with Crippen molar-refractivity contribution in [2.45, 2.75) is 44.7 Å². The molecule has 1 aliphatic carbocycles. The fourth-order valence-corrected chi connectivity index (χ4v) is 6.26. The average molecular weight is 513 g/mol. The number of carbonyl (C=O) groups is 3. The van der Waals surface area contributed by atoms with Crippen molar-refractivity contribution in [3.05, 3.63) is 53.1 Å². The van der Waals surface area contributed by atoms with Crippen molar-refractivity contribution >= 4 is 29.1 Å². The van der Waals surface area contributed by atoms with Gasteiger partial charge >= 0.3 is 0 Å². The minimum atomic E-state index is -0.610. The molecular formula is C30H32N4O4. The van der Waals surface area contributed by atoms with Gasteiger partial charge in [-0.2, -0.15) is 0 Å². The summed E-state index contributed by atoms with van der Waals surface area (Å²) in [6.07, 6.45) is 4.03. The van der Waals surface area contributed by atoms with E-state index in [0.29, 0.717) is 42.0 Å². The Morgan fingerprint density at radius 1 is 1.08 bits per heavy atom. The van der Waals surface area contributed by atoms with Gasteiger partial charge in [-0.25, -0.2) is 0 Å². The van der Waals surface area contributed by atoms with Crippen LogP contribution in [0.15, 0.2) is 36.4 Å². The highest BCUT2D eigenvalue weighted by Gasteiger charge is 2.43. The summed E-state index contributed by atoms with van der Waals surface area (Å²) in [5.41, 5.74) is 10.1. The van der Waals surface area contributed by atoms with Crippen molar-refractivity contribution in [3.63, 3.8) is 0 Å². The maximum atomic E-state index is 13.1. The number of anilines is 2. The zero-order valence-electron chi connectivity index (χ0n) is 21.5. The van der Waals surface area contributed by atoms with Crippen molar-refractivity contribution in [3.8, 4) is 17.6 Å². The molecule has 2 aromatic rings. The Hall–Kier alpha value is -3.99. The number of benzene rings is 2. The number of nitrogens with one attached hydrogen (secondary N) is 1. The first-order valence-corrected chi connectivity index (χ1v) is 13.4. The zero-order valence-corrected chi connectivity index (χ0v) is 21.5. The standard InChI is InChI=1S/C30H32N4O4/c1-38-27-16-21(7-8-25(27)31)33-13-11-19(12-14-33)23-15-20(23)6-5-18-3-2-4-22-24(18)17-34(30(22)37)26-9-10-28(35)32-29(26)36/h2-4,7-8,16,19-20,23,26H,9-15,17,31H2,1H3,(H,32,35,36)/t20-,23+,26?/m1/s1. The quantitative estimate of drug-likeness (QED) is 0.371. The summed E-state index contributed by atoms with van der Waals surface area (Å²) in [5.74, 6) is 8.44. The monoisotopic (exact) mass is 512 g/mol. The molecule has 3 N–H and O–H groups in total. The molecule has 3 atom stereocenters. The topological polar surface area (TPSA) is 105 Å². The number of fused-ring (bicyclic) bond motifs is 1. The molecule has 8 heteroatoms. The lowest BCUT2D eigenvalue weighted by Crippen LogP contribution is -2.52. The number of imide groups is 1. The second-order valence-corrected chi connectivity index (χ2v) is 10.8. The molecule has 1 saturated carbocycles. The van der Waals surface area contributed by atoms with Crippen LogP contribution in [0.2, 0.25) is 0 Å². The number of nitrogens with two attached hydrogens (primary N) is 1. The van der Waals surface area contributed by atoms with Crippen LogP contribution in [-0.4, -0.2) is 48.9 Å². The summed E-state index contributed by atoms with van der Waals surface area (Å²) in [7, 11) is 1.64. The summed E-state index contributed by atoms with van der Waals surface area (Å²) >= 11 is 0. The van der Waals surface area contributed by atoms with Gasteiger partial charge in [-0.15, -0.1) is 0 Å². The first kappa shape index (κ1) is 24.4. The van der Waals surface area contributed by atoms with Crippen LogP contribution in [0.25, 0.3) is 0 Å². The molecule has 2 aromatic carbocycles. The van der Waals surface area contributed by atoms with E-state index in [4.69, 9.17) is 10.5 Å². The number of nitrogen functional groups attached to an aromatic ring is 1. The van der Waals surface area contributed by atoms with Gasteiger partial charge in [0.2, 0.25) is 11.8 Å². The molecule has 3 fully saturated rings. The summed E-state index contributed by atoms with van der Waals surface area (Å²) in [6.45, 7) is 2.38. The molecule has 0 spiro atoms. The van der Waals surface area contributed by atoms with E-state index in [-0.39, 0.29) is 18.2 Å². The van der Waals surface area contributed by atoms with Crippen LogP contribution in [0.5, 0.6) is 5.75 Å². The van der Waals surface area contributed by atoms with Crippen LogP contribution in [0.4, 0.5) is 11.4 Å². The third-order valence-electron chi connectivity index (χ3n) is 8.54. The van der Waals surface area contributed by atoms with Gasteiger partial charge in [0.15, 0.2) is 0 Å². The second-order valence-electron chi connectivity index (χ2n) is 10.8. The van der Waals surface area contributed by atoms with E-state index >= 15 is 0 Å². The number of rotatable bonds is 4. The summed E-state index contributed by atoms with van der Waals surface area (Å²) in [6, 6.07) is 11.0. The van der Waals surface area contributed by atoms with Crippen LogP contribution < -0.4 is 20.7 Å². The number of carbonyl (C=O) groups excluding carboxylic acids is 3. The van der Waals surface area contributed by atoms with Gasteiger partial charge in [0.1, 0.15) is 11.8 Å². The molecule has 0 radical (unpaired) electrons. The predicted molar refractivity (Wildman–Crippen MR) is 143 cm³/mol. The maximum Gasteiger partial charge on any atom is 0.255 e. The highest BCUT2D eigenvalue weighted by molar-refractivity contribution is 6.05. The molecule has 38 heavy (non-hydrogen) atoms. The molecule has 3 amide bonds. The lowest BCUT2D eigenvalue weighted by Gasteiger charge is -2.34. The highest BCUT2D eigenvalue weighted by Crippen LogP contribution is 2.48. The normalized spacial score (nSPS) is 25.0. The van der Waals surface area contributed by atoms with Gasteiger partial charge in [0, 0.05) is 54.9 Å². The molecular weight excluding hydrogens is 480 g/mol. The third-order valence-corrected chi connectivity index (χ3v) is 8.54. The Morgan fingerprint density at radius 2 is 1.89 bits per heavy atom. The first-order valence-electron chi connectivity index (χ1n) is 13.4. The Kier molecular flexibility index (Phi) is 6.22. The molecule has 0 bridgehead atoms.